The van der Waals surface area contributed by atoms with E-state index >= 15 is 0 Å². The number of halogens is 1. The SMILES string of the molecule is CC(C)CCNC(N)=NCc1ccccc1CN1CCCCC1.I. The maximum absolute atomic E-state index is 5.97. The Bertz CT molecular complexity index is 496. The minimum Gasteiger partial charge on any atom is -0.370 e. The van der Waals surface area contributed by atoms with Crippen LogP contribution in [0.3, 0.4) is 0 Å². The largest absolute Gasteiger partial charge is 0.370 e. The van der Waals surface area contributed by atoms with Crippen LogP contribution in [0.4, 0.5) is 0 Å². The molecule has 136 valence electrons. The van der Waals surface area contributed by atoms with Gasteiger partial charge in [-0.05, 0) is 49.4 Å². The van der Waals surface area contributed by atoms with Gasteiger partial charge in [0.15, 0.2) is 5.96 Å². The second-order valence-electron chi connectivity index (χ2n) is 6.92. The summed E-state index contributed by atoms with van der Waals surface area (Å²) in [5.41, 5.74) is 8.64. The molecule has 0 atom stereocenters. The lowest BCUT2D eigenvalue weighted by Gasteiger charge is -2.27. The predicted molar refractivity (Wildman–Crippen MR) is 114 cm³/mol. The minimum absolute atomic E-state index is 0. The van der Waals surface area contributed by atoms with Gasteiger partial charge in [-0.25, -0.2) is 4.99 Å². The van der Waals surface area contributed by atoms with Gasteiger partial charge in [-0.3, -0.25) is 4.90 Å². The molecule has 1 aromatic carbocycles. The smallest absolute Gasteiger partial charge is 0.188 e. The van der Waals surface area contributed by atoms with Crippen LogP contribution in [0, 0.1) is 5.92 Å². The van der Waals surface area contributed by atoms with Crippen molar-refractivity contribution >= 4 is 29.9 Å². The molecule has 1 heterocycles. The average Bonchev–Trinajstić information content (AvgIpc) is 2.55. The number of nitrogens with two attached hydrogens (primary N) is 1. The Hall–Kier alpha value is -0.820. The average molecular weight is 444 g/mol. The Morgan fingerprint density at radius 1 is 1.17 bits per heavy atom. The van der Waals surface area contributed by atoms with Crippen molar-refractivity contribution in [2.75, 3.05) is 19.6 Å². The van der Waals surface area contributed by atoms with Crippen molar-refractivity contribution < 1.29 is 0 Å². The Balaban J connectivity index is 0.00000288. The van der Waals surface area contributed by atoms with Gasteiger partial charge in [-0.15, -0.1) is 24.0 Å². The number of piperidine rings is 1. The molecular formula is C19H33IN4. The van der Waals surface area contributed by atoms with E-state index in [9.17, 15) is 0 Å². The van der Waals surface area contributed by atoms with Crippen molar-refractivity contribution in [2.24, 2.45) is 16.6 Å². The van der Waals surface area contributed by atoms with E-state index in [1.165, 1.54) is 43.5 Å². The molecule has 0 saturated carbocycles. The molecule has 1 aliphatic heterocycles. The highest BCUT2D eigenvalue weighted by Gasteiger charge is 2.12. The number of hydrogen-bond donors (Lipinski definition) is 2. The number of guanidine groups is 1. The third-order valence-corrected chi connectivity index (χ3v) is 4.41. The topological polar surface area (TPSA) is 53.6 Å². The zero-order valence-corrected chi connectivity index (χ0v) is 17.5. The van der Waals surface area contributed by atoms with Crippen molar-refractivity contribution in [2.45, 2.75) is 52.6 Å². The van der Waals surface area contributed by atoms with E-state index in [-0.39, 0.29) is 24.0 Å². The van der Waals surface area contributed by atoms with Crippen LogP contribution in [0.2, 0.25) is 0 Å². The molecule has 4 nitrogen and oxygen atoms in total. The Kier molecular flexibility index (Phi) is 10.3. The van der Waals surface area contributed by atoms with Gasteiger partial charge in [0.1, 0.15) is 0 Å². The molecule has 1 fully saturated rings. The fourth-order valence-electron chi connectivity index (χ4n) is 2.94. The van der Waals surface area contributed by atoms with Gasteiger partial charge < -0.3 is 11.1 Å². The van der Waals surface area contributed by atoms with Crippen LogP contribution in [0.5, 0.6) is 0 Å². The quantitative estimate of drug-likeness (QED) is 0.383. The molecule has 0 aromatic heterocycles. The fourth-order valence-corrected chi connectivity index (χ4v) is 2.94. The number of benzene rings is 1. The second kappa shape index (κ2) is 11.7. The van der Waals surface area contributed by atoms with Crippen LogP contribution in [0.15, 0.2) is 29.3 Å². The Morgan fingerprint density at radius 3 is 2.50 bits per heavy atom. The Morgan fingerprint density at radius 2 is 1.83 bits per heavy atom. The van der Waals surface area contributed by atoms with Crippen LogP contribution >= 0.6 is 24.0 Å². The van der Waals surface area contributed by atoms with Gasteiger partial charge in [0.2, 0.25) is 0 Å². The first-order valence-corrected chi connectivity index (χ1v) is 8.98. The summed E-state index contributed by atoms with van der Waals surface area (Å²) in [6.07, 6.45) is 5.14. The van der Waals surface area contributed by atoms with Crippen LogP contribution in [0.1, 0.15) is 50.7 Å². The number of nitrogens with zero attached hydrogens (tertiary/aromatic N) is 2. The molecule has 1 aromatic rings. The molecule has 24 heavy (non-hydrogen) atoms. The highest BCUT2D eigenvalue weighted by atomic mass is 127. The zero-order valence-electron chi connectivity index (χ0n) is 15.1. The lowest BCUT2D eigenvalue weighted by Crippen LogP contribution is -2.33. The van der Waals surface area contributed by atoms with Crippen LogP contribution in [0.25, 0.3) is 0 Å². The van der Waals surface area contributed by atoms with Crippen molar-refractivity contribution in [1.82, 2.24) is 10.2 Å². The number of rotatable bonds is 7. The van der Waals surface area contributed by atoms with Gasteiger partial charge in [-0.2, -0.15) is 0 Å². The van der Waals surface area contributed by atoms with E-state index in [1.54, 1.807) is 0 Å². The van der Waals surface area contributed by atoms with Gasteiger partial charge in [0.05, 0.1) is 6.54 Å². The molecule has 5 heteroatoms. The lowest BCUT2D eigenvalue weighted by molar-refractivity contribution is 0.220. The number of nitrogens with one attached hydrogen (secondary N) is 1. The highest BCUT2D eigenvalue weighted by molar-refractivity contribution is 14.0. The molecular weight excluding hydrogens is 411 g/mol. The van der Waals surface area contributed by atoms with Crippen molar-refractivity contribution in [3.05, 3.63) is 35.4 Å². The summed E-state index contributed by atoms with van der Waals surface area (Å²) in [7, 11) is 0. The summed E-state index contributed by atoms with van der Waals surface area (Å²) in [6.45, 7) is 9.45. The van der Waals surface area contributed by atoms with Crippen LogP contribution < -0.4 is 11.1 Å². The summed E-state index contributed by atoms with van der Waals surface area (Å²) in [4.78, 5) is 7.06. The Labute approximate surface area is 164 Å². The van der Waals surface area contributed by atoms with E-state index < -0.39 is 0 Å². The summed E-state index contributed by atoms with van der Waals surface area (Å²) in [5.74, 6) is 1.24. The first-order chi connectivity index (χ1) is 11.1. The molecule has 2 rings (SSSR count). The van der Waals surface area contributed by atoms with Crippen molar-refractivity contribution in [1.29, 1.82) is 0 Å². The third-order valence-electron chi connectivity index (χ3n) is 4.41. The van der Waals surface area contributed by atoms with E-state index in [0.29, 0.717) is 18.4 Å². The van der Waals surface area contributed by atoms with Gasteiger partial charge in [0, 0.05) is 13.1 Å². The molecule has 0 bridgehead atoms. The molecule has 0 aliphatic carbocycles. The number of aliphatic imine (C=N–C) groups is 1. The summed E-state index contributed by atoms with van der Waals surface area (Å²) >= 11 is 0. The van der Waals surface area contributed by atoms with Gasteiger partial charge in [-0.1, -0.05) is 44.5 Å². The molecule has 0 spiro atoms. The maximum atomic E-state index is 5.97. The zero-order chi connectivity index (χ0) is 16.5. The van der Waals surface area contributed by atoms with Crippen molar-refractivity contribution in [3.8, 4) is 0 Å². The van der Waals surface area contributed by atoms with E-state index in [2.05, 4.69) is 53.3 Å². The lowest BCUT2D eigenvalue weighted by atomic mass is 10.1. The molecule has 0 amide bonds. The van der Waals surface area contributed by atoms with Crippen LogP contribution in [-0.2, 0) is 13.1 Å². The first kappa shape index (κ1) is 21.2. The van der Waals surface area contributed by atoms with Crippen LogP contribution in [-0.4, -0.2) is 30.5 Å². The monoisotopic (exact) mass is 444 g/mol. The summed E-state index contributed by atoms with van der Waals surface area (Å²) in [6, 6.07) is 8.61. The van der Waals surface area contributed by atoms with E-state index in [1.807, 2.05) is 0 Å². The summed E-state index contributed by atoms with van der Waals surface area (Å²) < 4.78 is 0. The number of likely N-dealkylation sites (tertiary alicyclic amines) is 1. The third kappa shape index (κ3) is 7.83. The molecule has 3 N–H and O–H groups in total. The molecule has 1 aliphatic rings. The molecule has 0 unspecified atom stereocenters. The van der Waals surface area contributed by atoms with Crippen molar-refractivity contribution in [3.63, 3.8) is 0 Å². The highest BCUT2D eigenvalue weighted by Crippen LogP contribution is 2.16. The van der Waals surface area contributed by atoms with E-state index in [4.69, 9.17) is 5.73 Å². The normalized spacial score (nSPS) is 16.0. The fraction of sp³-hybridized carbons (Fsp3) is 0.632. The van der Waals surface area contributed by atoms with Gasteiger partial charge in [0.25, 0.3) is 0 Å². The maximum Gasteiger partial charge on any atom is 0.188 e. The van der Waals surface area contributed by atoms with Gasteiger partial charge >= 0.3 is 0 Å². The minimum atomic E-state index is 0. The standard InChI is InChI=1S/C19H32N4.HI/c1-16(2)10-11-21-19(20)22-14-17-8-4-5-9-18(17)15-23-12-6-3-7-13-23;/h4-5,8-9,16H,3,6-7,10-15H2,1-2H3,(H3,20,21,22);1H. The first-order valence-electron chi connectivity index (χ1n) is 8.98. The molecule has 0 radical (unpaired) electrons. The molecule has 1 saturated heterocycles. The van der Waals surface area contributed by atoms with E-state index in [0.717, 1.165) is 19.5 Å². The summed E-state index contributed by atoms with van der Waals surface area (Å²) in [5, 5.41) is 3.20. The second-order valence-corrected chi connectivity index (χ2v) is 6.92. The predicted octanol–water partition coefficient (Wildman–Crippen LogP) is 3.74. The number of hydrogen-bond acceptors (Lipinski definition) is 2.